The van der Waals surface area contributed by atoms with E-state index in [0.717, 1.165) is 15.5 Å². The molecule has 0 unspecified atom stereocenters. The third kappa shape index (κ3) is 2.21. The van der Waals surface area contributed by atoms with Gasteiger partial charge in [0.15, 0.2) is 0 Å². The fourth-order valence-corrected chi connectivity index (χ4v) is 2.40. The van der Waals surface area contributed by atoms with E-state index < -0.39 is 11.5 Å². The van der Waals surface area contributed by atoms with Crippen LogP contribution in [0.2, 0.25) is 0 Å². The summed E-state index contributed by atoms with van der Waals surface area (Å²) in [6.07, 6.45) is 0. The molecule has 1 N–H and O–H groups in total. The van der Waals surface area contributed by atoms with Crippen molar-refractivity contribution in [1.82, 2.24) is 4.57 Å². The summed E-state index contributed by atoms with van der Waals surface area (Å²) in [5.41, 5.74) is 1.20. The molecule has 1 aromatic heterocycles. The van der Waals surface area contributed by atoms with Crippen LogP contribution in [0, 0.1) is 6.92 Å². The van der Waals surface area contributed by atoms with E-state index in [1.165, 1.54) is 18.2 Å². The Bertz CT molecular complexity index is 895. The number of pyridine rings is 1. The van der Waals surface area contributed by atoms with Crippen molar-refractivity contribution in [3.8, 4) is 5.75 Å². The molecular formula is C17H13NO3. The fourth-order valence-electron chi connectivity index (χ4n) is 2.40. The molecule has 0 bridgehead atoms. The SMILES string of the molecule is Cc1cc(=O)n(C(=O)c2ccccc2)c2cc(O)ccc12. The molecule has 2 aromatic carbocycles. The van der Waals surface area contributed by atoms with Crippen LogP contribution in [0.15, 0.2) is 59.4 Å². The van der Waals surface area contributed by atoms with Gasteiger partial charge in [-0.1, -0.05) is 18.2 Å². The summed E-state index contributed by atoms with van der Waals surface area (Å²) in [5, 5.41) is 10.4. The Hall–Kier alpha value is -2.88. The maximum Gasteiger partial charge on any atom is 0.265 e. The van der Waals surface area contributed by atoms with E-state index >= 15 is 0 Å². The highest BCUT2D eigenvalue weighted by Gasteiger charge is 2.15. The molecule has 3 rings (SSSR count). The minimum Gasteiger partial charge on any atom is -0.508 e. The standard InChI is InChI=1S/C17H13NO3/c1-11-9-16(20)18(15-10-13(19)7-8-14(11)15)17(21)12-5-3-2-4-6-12/h2-10,19H,1H3. The number of rotatable bonds is 1. The zero-order valence-corrected chi connectivity index (χ0v) is 11.4. The first-order valence-electron chi connectivity index (χ1n) is 6.53. The Morgan fingerprint density at radius 1 is 1.05 bits per heavy atom. The van der Waals surface area contributed by atoms with Crippen LogP contribution in [0.4, 0.5) is 0 Å². The minimum atomic E-state index is -0.406. The zero-order valence-electron chi connectivity index (χ0n) is 11.4. The fraction of sp³-hybridized carbons (Fsp3) is 0.0588. The van der Waals surface area contributed by atoms with Crippen LogP contribution in [0.3, 0.4) is 0 Å². The van der Waals surface area contributed by atoms with E-state index in [4.69, 9.17) is 0 Å². The van der Waals surface area contributed by atoms with Crippen LogP contribution in [0.5, 0.6) is 5.75 Å². The van der Waals surface area contributed by atoms with E-state index in [1.807, 2.05) is 0 Å². The molecule has 0 fully saturated rings. The molecule has 104 valence electrons. The number of aryl methyl sites for hydroxylation is 1. The lowest BCUT2D eigenvalue weighted by Crippen LogP contribution is -2.27. The molecular weight excluding hydrogens is 266 g/mol. The lowest BCUT2D eigenvalue weighted by Gasteiger charge is -2.11. The molecule has 0 amide bonds. The highest BCUT2D eigenvalue weighted by molar-refractivity contribution is 6.02. The van der Waals surface area contributed by atoms with Crippen LogP contribution in [0.1, 0.15) is 15.9 Å². The van der Waals surface area contributed by atoms with Gasteiger partial charge in [0.2, 0.25) is 0 Å². The molecule has 4 nitrogen and oxygen atoms in total. The second-order valence-electron chi connectivity index (χ2n) is 4.87. The number of nitrogens with zero attached hydrogens (tertiary/aromatic N) is 1. The number of phenolic OH excluding ortho intramolecular Hbond substituents is 1. The maximum absolute atomic E-state index is 12.6. The first-order chi connectivity index (χ1) is 10.1. The van der Waals surface area contributed by atoms with Gasteiger partial charge in [-0.05, 0) is 36.8 Å². The molecule has 0 aliphatic rings. The Labute approximate surface area is 120 Å². The average Bonchev–Trinajstić information content (AvgIpc) is 2.47. The monoisotopic (exact) mass is 279 g/mol. The molecule has 0 aliphatic carbocycles. The second-order valence-corrected chi connectivity index (χ2v) is 4.87. The van der Waals surface area contributed by atoms with Gasteiger partial charge in [-0.3, -0.25) is 9.59 Å². The lowest BCUT2D eigenvalue weighted by atomic mass is 10.1. The number of carbonyl (C=O) groups excluding carboxylic acids is 1. The molecule has 0 saturated heterocycles. The number of hydrogen-bond acceptors (Lipinski definition) is 3. The van der Waals surface area contributed by atoms with Crippen LogP contribution >= 0.6 is 0 Å². The quantitative estimate of drug-likeness (QED) is 0.745. The van der Waals surface area contributed by atoms with Gasteiger partial charge in [0, 0.05) is 23.1 Å². The van der Waals surface area contributed by atoms with Crippen molar-refractivity contribution in [3.05, 3.63) is 76.1 Å². The zero-order chi connectivity index (χ0) is 15.0. The summed E-state index contributed by atoms with van der Waals surface area (Å²) in [4.78, 5) is 24.8. The molecule has 0 saturated carbocycles. The van der Waals surface area contributed by atoms with Crippen molar-refractivity contribution in [2.45, 2.75) is 6.92 Å². The lowest BCUT2D eigenvalue weighted by molar-refractivity contribution is 0.0961. The molecule has 0 radical (unpaired) electrons. The third-order valence-electron chi connectivity index (χ3n) is 3.43. The second kappa shape index (κ2) is 4.90. The molecule has 0 aliphatic heterocycles. The molecule has 3 aromatic rings. The van der Waals surface area contributed by atoms with Crippen molar-refractivity contribution >= 4 is 16.8 Å². The van der Waals surface area contributed by atoms with Crippen LogP contribution in [-0.4, -0.2) is 15.6 Å². The van der Waals surface area contributed by atoms with Gasteiger partial charge in [-0.15, -0.1) is 0 Å². The van der Waals surface area contributed by atoms with Gasteiger partial charge in [0.05, 0.1) is 5.52 Å². The molecule has 0 spiro atoms. The van der Waals surface area contributed by atoms with Gasteiger partial charge in [-0.2, -0.15) is 0 Å². The van der Waals surface area contributed by atoms with E-state index in [9.17, 15) is 14.7 Å². The summed E-state index contributed by atoms with van der Waals surface area (Å²) in [6, 6.07) is 14.7. The molecule has 1 heterocycles. The number of carbonyl (C=O) groups is 1. The summed E-state index contributed by atoms with van der Waals surface area (Å²) < 4.78 is 1.09. The topological polar surface area (TPSA) is 59.3 Å². The number of aromatic nitrogens is 1. The van der Waals surface area contributed by atoms with Crippen molar-refractivity contribution in [2.24, 2.45) is 0 Å². The first-order valence-corrected chi connectivity index (χ1v) is 6.53. The number of aromatic hydroxyl groups is 1. The molecule has 4 heteroatoms. The van der Waals surface area contributed by atoms with E-state index in [0.29, 0.717) is 11.1 Å². The summed E-state index contributed by atoms with van der Waals surface area (Å²) in [5.74, 6) is -0.390. The number of fused-ring (bicyclic) bond motifs is 1. The Morgan fingerprint density at radius 3 is 2.48 bits per heavy atom. The van der Waals surface area contributed by atoms with Crippen molar-refractivity contribution in [2.75, 3.05) is 0 Å². The van der Waals surface area contributed by atoms with Crippen LogP contribution in [-0.2, 0) is 0 Å². The molecule has 0 atom stereocenters. The van der Waals surface area contributed by atoms with Crippen molar-refractivity contribution in [3.63, 3.8) is 0 Å². The normalized spacial score (nSPS) is 10.7. The predicted octanol–water partition coefficient (Wildman–Crippen LogP) is 2.70. The Balaban J connectivity index is 2.35. The largest absolute Gasteiger partial charge is 0.508 e. The predicted molar refractivity (Wildman–Crippen MR) is 80.8 cm³/mol. The van der Waals surface area contributed by atoms with Crippen molar-refractivity contribution in [1.29, 1.82) is 0 Å². The van der Waals surface area contributed by atoms with Gasteiger partial charge in [0.25, 0.3) is 11.5 Å². The number of hydrogen-bond donors (Lipinski definition) is 1. The number of benzene rings is 2. The minimum absolute atomic E-state index is 0.0158. The highest BCUT2D eigenvalue weighted by Crippen LogP contribution is 2.22. The molecule has 21 heavy (non-hydrogen) atoms. The van der Waals surface area contributed by atoms with Crippen LogP contribution < -0.4 is 5.56 Å². The summed E-state index contributed by atoms with van der Waals surface area (Å²) in [6.45, 7) is 1.80. The first kappa shape index (κ1) is 13.1. The Kier molecular flexibility index (Phi) is 3.06. The average molecular weight is 279 g/mol. The van der Waals surface area contributed by atoms with Gasteiger partial charge >= 0.3 is 0 Å². The van der Waals surface area contributed by atoms with E-state index in [2.05, 4.69) is 0 Å². The summed E-state index contributed by atoms with van der Waals surface area (Å²) >= 11 is 0. The summed E-state index contributed by atoms with van der Waals surface area (Å²) in [7, 11) is 0. The third-order valence-corrected chi connectivity index (χ3v) is 3.43. The van der Waals surface area contributed by atoms with Gasteiger partial charge in [-0.25, -0.2) is 4.57 Å². The maximum atomic E-state index is 12.6. The van der Waals surface area contributed by atoms with Gasteiger partial charge < -0.3 is 5.11 Å². The smallest absolute Gasteiger partial charge is 0.265 e. The highest BCUT2D eigenvalue weighted by atomic mass is 16.3. The van der Waals surface area contributed by atoms with Crippen molar-refractivity contribution < 1.29 is 9.90 Å². The van der Waals surface area contributed by atoms with Gasteiger partial charge in [0.1, 0.15) is 5.75 Å². The number of phenols is 1. The van der Waals surface area contributed by atoms with E-state index in [-0.39, 0.29) is 5.75 Å². The Morgan fingerprint density at radius 2 is 1.76 bits per heavy atom. The van der Waals surface area contributed by atoms with E-state index in [1.54, 1.807) is 43.3 Å². The van der Waals surface area contributed by atoms with Crippen LogP contribution in [0.25, 0.3) is 10.9 Å².